The number of benzene rings is 3. The number of imide groups is 1. The number of hydrogen-bond donors (Lipinski definition) is 3. The van der Waals surface area contributed by atoms with Crippen LogP contribution in [0.2, 0.25) is 0 Å². The first-order chi connectivity index (χ1) is 28.9. The Morgan fingerprint density at radius 1 is 0.900 bits per heavy atom. The van der Waals surface area contributed by atoms with Crippen molar-refractivity contribution in [2.75, 3.05) is 24.5 Å². The number of imidazole rings is 1. The number of phenols is 1. The lowest BCUT2D eigenvalue weighted by atomic mass is 9.86. The van der Waals surface area contributed by atoms with E-state index in [0.717, 1.165) is 84.7 Å². The van der Waals surface area contributed by atoms with Gasteiger partial charge in [-0.1, -0.05) is 18.2 Å². The van der Waals surface area contributed by atoms with Crippen LogP contribution in [0.25, 0.3) is 33.1 Å². The summed E-state index contributed by atoms with van der Waals surface area (Å²) in [5.41, 5.74) is 4.16. The first-order valence-corrected chi connectivity index (χ1v) is 20.2. The molecule has 2 aliphatic heterocycles. The van der Waals surface area contributed by atoms with Gasteiger partial charge in [0.1, 0.15) is 6.04 Å². The zero-order valence-electron chi connectivity index (χ0n) is 32.7. The summed E-state index contributed by atoms with van der Waals surface area (Å²) in [7, 11) is 1.70. The second-order valence-corrected chi connectivity index (χ2v) is 16.2. The summed E-state index contributed by atoms with van der Waals surface area (Å²) >= 11 is 0. The fourth-order valence-electron chi connectivity index (χ4n) is 8.81. The maximum Gasteiger partial charge on any atom is 0.329 e. The second-order valence-electron chi connectivity index (χ2n) is 16.2. The number of aryl methyl sites for hydroxylation is 2. The largest absolute Gasteiger partial charge is 0.503 e. The van der Waals surface area contributed by atoms with Crippen LogP contribution < -0.4 is 21.2 Å². The Morgan fingerprint density at radius 3 is 2.42 bits per heavy atom. The fourth-order valence-corrected chi connectivity index (χ4v) is 8.81. The van der Waals surface area contributed by atoms with Gasteiger partial charge in [0, 0.05) is 62.6 Å². The maximum absolute atomic E-state index is 14.1. The van der Waals surface area contributed by atoms with Gasteiger partial charge in [0.05, 0.1) is 28.2 Å². The summed E-state index contributed by atoms with van der Waals surface area (Å²) < 4.78 is 46.6. The standard InChI is InChI=1S/C43H42F3N9O5/c1-52-35-14-23(6-11-33(35)55(43(52)60)34-12-13-36(56)50-41(34)59)2-3-25-20-53(21-25)42-48-18-28(19-49-42)26-7-8-27-22-54(51-32(27)15-26)29-9-4-24(5-10-29)17-47-40(58)30-16-31(44)39(57)38(46)37(30)45/h6-8,11,14-16,18-19,22,24-25,29,34,57H,2-5,9-10,12-13,17,20-21H2,1H3,(H,47,58)(H,50,56,59)/t24-,29-,34?. The number of halogens is 3. The van der Waals surface area contributed by atoms with Gasteiger partial charge in [-0.3, -0.25) is 33.5 Å². The van der Waals surface area contributed by atoms with Crippen molar-refractivity contribution in [1.29, 1.82) is 0 Å². The smallest absolute Gasteiger partial charge is 0.329 e. The molecular weight excluding hydrogens is 780 g/mol. The normalized spacial score (nSPS) is 19.8. The van der Waals surface area contributed by atoms with Crippen LogP contribution in [0.3, 0.4) is 0 Å². The van der Waals surface area contributed by atoms with Crippen molar-refractivity contribution < 1.29 is 32.7 Å². The number of phenolic OH excluding ortho intramolecular Hbond substituents is 1. The number of anilines is 1. The van der Waals surface area contributed by atoms with Crippen molar-refractivity contribution in [2.24, 2.45) is 18.9 Å². The zero-order valence-corrected chi connectivity index (χ0v) is 32.7. The summed E-state index contributed by atoms with van der Waals surface area (Å²) in [6.45, 7) is 1.91. The molecule has 2 saturated heterocycles. The van der Waals surface area contributed by atoms with Crippen LogP contribution in [0.15, 0.2) is 65.8 Å². The molecular formula is C43H42F3N9O5. The predicted molar refractivity (Wildman–Crippen MR) is 215 cm³/mol. The van der Waals surface area contributed by atoms with Crippen molar-refractivity contribution in [3.63, 3.8) is 0 Å². The van der Waals surface area contributed by atoms with Crippen LogP contribution in [-0.4, -0.2) is 71.3 Å². The van der Waals surface area contributed by atoms with Crippen molar-refractivity contribution >= 4 is 45.6 Å². The number of nitrogens with zero attached hydrogens (tertiary/aromatic N) is 7. The van der Waals surface area contributed by atoms with Gasteiger partial charge in [0.15, 0.2) is 17.4 Å². The Hall–Kier alpha value is -6.52. The number of nitrogens with one attached hydrogen (secondary N) is 2. The SMILES string of the molecule is Cn1c(=O)n(C2CCC(=O)NC2=O)c2ccc(CCC3CN(c4ncc(-c5ccc6cn([C@H]7CC[C@H](CNC(=O)c8cc(F)c(O)c(F)c8F)CC7)nc6c5)cn4)C3)cc21. The molecule has 0 bridgehead atoms. The summed E-state index contributed by atoms with van der Waals surface area (Å²) in [5.74, 6) is -6.67. The van der Waals surface area contributed by atoms with E-state index in [-0.39, 0.29) is 36.5 Å². The molecule has 1 atom stereocenters. The molecule has 9 rings (SSSR count). The maximum atomic E-state index is 14.1. The number of fused-ring (bicyclic) bond motifs is 2. The first-order valence-electron chi connectivity index (χ1n) is 20.2. The molecule has 1 saturated carbocycles. The van der Waals surface area contributed by atoms with Gasteiger partial charge in [-0.25, -0.2) is 23.5 Å². The minimum atomic E-state index is -1.79. The van der Waals surface area contributed by atoms with E-state index in [1.165, 1.54) is 4.57 Å². The van der Waals surface area contributed by atoms with E-state index >= 15 is 0 Å². The number of piperidine rings is 1. The van der Waals surface area contributed by atoms with Gasteiger partial charge in [-0.05, 0) is 92.2 Å². The number of aromatic hydroxyl groups is 1. The number of hydrogen-bond acceptors (Lipinski definition) is 9. The topological polar surface area (TPSA) is 169 Å². The minimum Gasteiger partial charge on any atom is -0.503 e. The van der Waals surface area contributed by atoms with Gasteiger partial charge in [-0.2, -0.15) is 9.49 Å². The van der Waals surface area contributed by atoms with Gasteiger partial charge < -0.3 is 15.3 Å². The van der Waals surface area contributed by atoms with Crippen LogP contribution in [-0.2, 0) is 23.1 Å². The summed E-state index contributed by atoms with van der Waals surface area (Å²) in [4.78, 5) is 61.3. The summed E-state index contributed by atoms with van der Waals surface area (Å²) in [5, 5.41) is 20.0. The average molecular weight is 822 g/mol. The van der Waals surface area contributed by atoms with Crippen molar-refractivity contribution in [2.45, 2.75) is 63.5 Å². The molecule has 3 aromatic heterocycles. The first kappa shape index (κ1) is 39.0. The van der Waals surface area contributed by atoms with E-state index < -0.39 is 46.6 Å². The van der Waals surface area contributed by atoms with Crippen LogP contribution in [0, 0.1) is 29.3 Å². The molecule has 6 aromatic rings. The van der Waals surface area contributed by atoms with Crippen molar-refractivity contribution in [3.8, 4) is 16.9 Å². The third kappa shape index (κ3) is 7.25. The molecule has 1 aliphatic carbocycles. The Labute approximate surface area is 341 Å². The average Bonchev–Trinajstić information content (AvgIpc) is 3.77. The molecule has 3 amide bonds. The summed E-state index contributed by atoms with van der Waals surface area (Å²) in [6, 6.07) is 11.9. The zero-order chi connectivity index (χ0) is 41.8. The molecule has 1 unspecified atom stereocenters. The number of carbonyl (C=O) groups excluding carboxylic acids is 3. The Kier molecular flexibility index (Phi) is 10.1. The van der Waals surface area contributed by atoms with E-state index in [0.29, 0.717) is 29.9 Å². The van der Waals surface area contributed by atoms with Crippen LogP contribution >= 0.6 is 0 Å². The van der Waals surface area contributed by atoms with Crippen molar-refractivity contribution in [3.05, 3.63) is 100 Å². The molecule has 0 spiro atoms. The highest BCUT2D eigenvalue weighted by Crippen LogP contribution is 2.34. The lowest BCUT2D eigenvalue weighted by Gasteiger charge is -2.39. The van der Waals surface area contributed by atoms with E-state index in [4.69, 9.17) is 5.10 Å². The third-order valence-corrected chi connectivity index (χ3v) is 12.4. The van der Waals surface area contributed by atoms with Crippen molar-refractivity contribution in [1.82, 2.24) is 39.5 Å². The molecule has 310 valence electrons. The third-order valence-electron chi connectivity index (χ3n) is 12.4. The Morgan fingerprint density at radius 2 is 1.67 bits per heavy atom. The van der Waals surface area contributed by atoms with Crippen LogP contribution in [0.1, 0.15) is 73.0 Å². The van der Waals surface area contributed by atoms with E-state index in [2.05, 4.69) is 25.5 Å². The fraction of sp³-hybridized carbons (Fsp3) is 0.372. The van der Waals surface area contributed by atoms with Gasteiger partial charge in [0.25, 0.3) is 5.91 Å². The monoisotopic (exact) mass is 821 g/mol. The minimum absolute atomic E-state index is 0.108. The number of amides is 3. The van der Waals surface area contributed by atoms with E-state index in [9.17, 15) is 37.5 Å². The van der Waals surface area contributed by atoms with Gasteiger partial charge in [0.2, 0.25) is 23.6 Å². The molecule has 0 radical (unpaired) electrons. The summed E-state index contributed by atoms with van der Waals surface area (Å²) in [6.07, 6.45) is 11.2. The van der Waals surface area contributed by atoms with Gasteiger partial charge >= 0.3 is 5.69 Å². The Bertz CT molecular complexity index is 2730. The van der Waals surface area contributed by atoms with Gasteiger partial charge in [-0.15, -0.1) is 0 Å². The molecule has 14 nitrogen and oxygen atoms in total. The number of carbonyl (C=O) groups is 3. The second kappa shape index (κ2) is 15.6. The lowest BCUT2D eigenvalue weighted by Crippen LogP contribution is -2.47. The molecule has 3 aromatic carbocycles. The predicted octanol–water partition coefficient (Wildman–Crippen LogP) is 5.48. The highest BCUT2D eigenvalue weighted by atomic mass is 19.2. The molecule has 3 aliphatic rings. The van der Waals surface area contributed by atoms with Crippen LogP contribution in [0.4, 0.5) is 19.1 Å². The highest BCUT2D eigenvalue weighted by Gasteiger charge is 2.32. The lowest BCUT2D eigenvalue weighted by molar-refractivity contribution is -0.135. The van der Waals surface area contributed by atoms with E-state index in [1.807, 2.05) is 59.7 Å². The molecule has 3 N–H and O–H groups in total. The Balaban J connectivity index is 0.759. The molecule has 5 heterocycles. The number of aromatic nitrogens is 6. The molecule has 60 heavy (non-hydrogen) atoms. The molecule has 3 fully saturated rings. The quantitative estimate of drug-likeness (QED) is 0.120. The molecule has 17 heteroatoms. The number of rotatable bonds is 10. The highest BCUT2D eigenvalue weighted by molar-refractivity contribution is 6.00. The van der Waals surface area contributed by atoms with E-state index in [1.54, 1.807) is 11.6 Å². The van der Waals surface area contributed by atoms with Crippen LogP contribution in [0.5, 0.6) is 5.75 Å².